The molecule has 1 saturated heterocycles. The van der Waals surface area contributed by atoms with Crippen LogP contribution in [0, 0.1) is 11.3 Å². The molecule has 1 aliphatic heterocycles. The molecule has 4 rings (SSSR count). The van der Waals surface area contributed by atoms with Crippen molar-refractivity contribution < 1.29 is 14.6 Å². The zero-order chi connectivity index (χ0) is 19.0. The summed E-state index contributed by atoms with van der Waals surface area (Å²) < 4.78 is 5.68. The number of phenols is 1. The number of benzene rings is 2. The number of carbonyl (C=O) groups is 1. The summed E-state index contributed by atoms with van der Waals surface area (Å²) in [6, 6.07) is 13.6. The molecule has 27 heavy (non-hydrogen) atoms. The van der Waals surface area contributed by atoms with Crippen LogP contribution in [0.15, 0.2) is 42.5 Å². The summed E-state index contributed by atoms with van der Waals surface area (Å²) in [5.74, 6) is 0.362. The number of esters is 1. The molecule has 0 aromatic heterocycles. The minimum Gasteiger partial charge on any atom is -0.508 e. The second-order valence-corrected chi connectivity index (χ2v) is 7.54. The predicted octanol–water partition coefficient (Wildman–Crippen LogP) is 3.74. The Morgan fingerprint density at radius 1 is 1.15 bits per heavy atom. The zero-order valence-electron chi connectivity index (χ0n) is 15.2. The van der Waals surface area contributed by atoms with Gasteiger partial charge in [-0.15, -0.1) is 0 Å². The van der Waals surface area contributed by atoms with Gasteiger partial charge in [0, 0.05) is 18.8 Å². The molecular formula is C22H24N2O3. The molecule has 140 valence electrons. The van der Waals surface area contributed by atoms with Gasteiger partial charge in [0.15, 0.2) is 0 Å². The van der Waals surface area contributed by atoms with Gasteiger partial charge in [-0.2, -0.15) is 0 Å². The fourth-order valence-corrected chi connectivity index (χ4v) is 4.42. The van der Waals surface area contributed by atoms with Crippen molar-refractivity contribution in [1.82, 2.24) is 0 Å². The highest BCUT2D eigenvalue weighted by molar-refractivity contribution is 5.78. The van der Waals surface area contributed by atoms with E-state index in [4.69, 9.17) is 15.9 Å². The monoisotopic (exact) mass is 364 g/mol. The molecule has 0 bridgehead atoms. The van der Waals surface area contributed by atoms with E-state index in [-0.39, 0.29) is 35.5 Å². The summed E-state index contributed by atoms with van der Waals surface area (Å²) in [6.45, 7) is 0. The zero-order valence-corrected chi connectivity index (χ0v) is 15.2. The summed E-state index contributed by atoms with van der Waals surface area (Å²) in [7, 11) is 0. The predicted molar refractivity (Wildman–Crippen MR) is 104 cm³/mol. The highest BCUT2D eigenvalue weighted by Crippen LogP contribution is 2.48. The van der Waals surface area contributed by atoms with E-state index in [9.17, 15) is 9.90 Å². The number of ether oxygens (including phenoxy) is 1. The minimum absolute atomic E-state index is 0.0552. The van der Waals surface area contributed by atoms with Crippen LogP contribution in [0.3, 0.4) is 0 Å². The van der Waals surface area contributed by atoms with Crippen LogP contribution in [0.5, 0.6) is 5.75 Å². The number of carbonyl (C=O) groups excluding carboxylic acids is 1. The Bertz CT molecular complexity index is 876. The molecule has 2 aromatic rings. The first-order valence-corrected chi connectivity index (χ1v) is 9.48. The van der Waals surface area contributed by atoms with Gasteiger partial charge in [0.25, 0.3) is 0 Å². The lowest BCUT2D eigenvalue weighted by Gasteiger charge is -2.16. The maximum atomic E-state index is 12.4. The molecule has 1 aliphatic carbocycles. The molecule has 2 aliphatic rings. The van der Waals surface area contributed by atoms with Crippen molar-refractivity contribution >= 4 is 11.8 Å². The molecule has 0 spiro atoms. The Labute approximate surface area is 158 Å². The van der Waals surface area contributed by atoms with E-state index < -0.39 is 0 Å². The van der Waals surface area contributed by atoms with Crippen LogP contribution in [0.1, 0.15) is 42.7 Å². The molecular weight excluding hydrogens is 340 g/mol. The fraction of sp³-hybridized carbons (Fsp3) is 0.364. The number of nitrogens with one attached hydrogen (secondary N) is 1. The van der Waals surface area contributed by atoms with Gasteiger partial charge in [0.1, 0.15) is 11.9 Å². The van der Waals surface area contributed by atoms with Crippen LogP contribution in [-0.4, -0.2) is 23.0 Å². The number of hydrogen-bond acceptors (Lipinski definition) is 4. The lowest BCUT2D eigenvalue weighted by Crippen LogP contribution is -2.16. The van der Waals surface area contributed by atoms with Crippen molar-refractivity contribution in [3.05, 3.63) is 53.6 Å². The van der Waals surface area contributed by atoms with E-state index in [1.807, 2.05) is 12.1 Å². The summed E-state index contributed by atoms with van der Waals surface area (Å²) in [5.41, 5.74) is 10.0. The number of phenolic OH excluding ortho intramolecular Hbond substituents is 1. The number of fused-ring (bicyclic) bond motifs is 3. The van der Waals surface area contributed by atoms with E-state index in [1.54, 1.807) is 12.1 Å². The van der Waals surface area contributed by atoms with Crippen molar-refractivity contribution in [2.45, 2.75) is 44.1 Å². The van der Waals surface area contributed by atoms with E-state index in [0.717, 1.165) is 36.8 Å². The third-order valence-electron chi connectivity index (χ3n) is 5.74. The van der Waals surface area contributed by atoms with Crippen molar-refractivity contribution in [2.24, 2.45) is 11.7 Å². The largest absolute Gasteiger partial charge is 0.508 e. The summed E-state index contributed by atoms with van der Waals surface area (Å²) in [4.78, 5) is 12.4. The molecule has 0 unspecified atom stereocenters. The first kappa shape index (κ1) is 17.6. The first-order valence-electron chi connectivity index (χ1n) is 9.48. The van der Waals surface area contributed by atoms with Gasteiger partial charge in [-0.1, -0.05) is 36.8 Å². The van der Waals surface area contributed by atoms with Gasteiger partial charge in [-0.05, 0) is 47.2 Å². The molecule has 1 heterocycles. The van der Waals surface area contributed by atoms with Crippen molar-refractivity contribution in [2.75, 3.05) is 0 Å². The molecule has 0 saturated carbocycles. The SMILES string of the molecule is N=C(N)CCCC[C@H]1C(=O)O[C@H]2Cc3ccc(-c4ccc(O)cc4)cc3[C@H]21. The third kappa shape index (κ3) is 3.42. The first-order chi connectivity index (χ1) is 13.0. The highest BCUT2D eigenvalue weighted by atomic mass is 16.6. The van der Waals surface area contributed by atoms with Gasteiger partial charge < -0.3 is 15.6 Å². The second-order valence-electron chi connectivity index (χ2n) is 7.54. The summed E-state index contributed by atoms with van der Waals surface area (Å²) >= 11 is 0. The molecule has 5 heteroatoms. The van der Waals surface area contributed by atoms with Crippen LogP contribution in [0.25, 0.3) is 11.1 Å². The van der Waals surface area contributed by atoms with E-state index in [2.05, 4.69) is 18.2 Å². The topological polar surface area (TPSA) is 96.4 Å². The van der Waals surface area contributed by atoms with Crippen molar-refractivity contribution in [1.29, 1.82) is 5.41 Å². The number of aromatic hydroxyl groups is 1. The number of unbranched alkanes of at least 4 members (excludes halogenated alkanes) is 1. The quantitative estimate of drug-likeness (QED) is 0.315. The lowest BCUT2D eigenvalue weighted by molar-refractivity contribution is -0.144. The third-order valence-corrected chi connectivity index (χ3v) is 5.74. The normalized spacial score (nSPS) is 23.0. The maximum absolute atomic E-state index is 12.4. The number of hydrogen-bond donors (Lipinski definition) is 3. The van der Waals surface area contributed by atoms with Gasteiger partial charge >= 0.3 is 5.97 Å². The van der Waals surface area contributed by atoms with Crippen LogP contribution in [-0.2, 0) is 16.0 Å². The molecule has 5 nitrogen and oxygen atoms in total. The van der Waals surface area contributed by atoms with Gasteiger partial charge in [0.05, 0.1) is 11.8 Å². The van der Waals surface area contributed by atoms with Crippen molar-refractivity contribution in [3.63, 3.8) is 0 Å². The molecule has 0 radical (unpaired) electrons. The average Bonchev–Trinajstić information content (AvgIpc) is 3.13. The Morgan fingerprint density at radius 2 is 1.89 bits per heavy atom. The van der Waals surface area contributed by atoms with Crippen LogP contribution >= 0.6 is 0 Å². The Morgan fingerprint density at radius 3 is 2.63 bits per heavy atom. The molecule has 1 fully saturated rings. The number of nitrogens with two attached hydrogens (primary N) is 1. The number of rotatable bonds is 6. The summed E-state index contributed by atoms with van der Waals surface area (Å²) in [5, 5.41) is 16.8. The van der Waals surface area contributed by atoms with Crippen LogP contribution in [0.2, 0.25) is 0 Å². The fourth-order valence-electron chi connectivity index (χ4n) is 4.42. The lowest BCUT2D eigenvalue weighted by atomic mass is 9.84. The van der Waals surface area contributed by atoms with Crippen LogP contribution < -0.4 is 5.73 Å². The highest BCUT2D eigenvalue weighted by Gasteiger charge is 2.49. The Hall–Kier alpha value is -2.82. The average molecular weight is 364 g/mol. The second kappa shape index (κ2) is 7.06. The minimum atomic E-state index is -0.113. The van der Waals surface area contributed by atoms with Gasteiger partial charge in [-0.25, -0.2) is 0 Å². The standard InChI is InChI=1S/C22H24N2O3/c23-20(24)4-2-1-3-17-21-18-11-14(13-7-9-16(25)10-8-13)5-6-15(18)12-19(21)27-22(17)26/h5-11,17,19,21,25H,1-4,12H2,(H3,23,24)/t17-,19+,21-/m1/s1. The smallest absolute Gasteiger partial charge is 0.310 e. The van der Waals surface area contributed by atoms with E-state index in [1.165, 1.54) is 11.1 Å². The Balaban J connectivity index is 1.56. The van der Waals surface area contributed by atoms with Crippen LogP contribution in [0.4, 0.5) is 0 Å². The van der Waals surface area contributed by atoms with E-state index in [0.29, 0.717) is 6.42 Å². The van der Waals surface area contributed by atoms with Crippen molar-refractivity contribution in [3.8, 4) is 16.9 Å². The molecule has 2 aromatic carbocycles. The number of amidine groups is 1. The van der Waals surface area contributed by atoms with E-state index >= 15 is 0 Å². The molecule has 0 amide bonds. The van der Waals surface area contributed by atoms with Gasteiger partial charge in [0.2, 0.25) is 0 Å². The molecule has 3 atom stereocenters. The summed E-state index contributed by atoms with van der Waals surface area (Å²) in [6.07, 6.45) is 3.78. The molecule has 4 N–H and O–H groups in total. The maximum Gasteiger partial charge on any atom is 0.310 e. The Kier molecular flexibility index (Phi) is 4.60. The van der Waals surface area contributed by atoms with Gasteiger partial charge in [-0.3, -0.25) is 10.2 Å².